The fourth-order valence-electron chi connectivity index (χ4n) is 1.80. The Morgan fingerprint density at radius 3 is 2.62 bits per heavy atom. The first kappa shape index (κ1) is 15.0. The molecule has 1 aromatic heterocycles. The van der Waals surface area contributed by atoms with E-state index in [1.807, 2.05) is 32.0 Å². The van der Waals surface area contributed by atoms with Crippen molar-refractivity contribution in [1.29, 1.82) is 0 Å². The third-order valence-corrected chi connectivity index (χ3v) is 4.00. The van der Waals surface area contributed by atoms with Crippen molar-refractivity contribution in [2.45, 2.75) is 13.8 Å². The van der Waals surface area contributed by atoms with E-state index in [9.17, 15) is 9.59 Å². The van der Waals surface area contributed by atoms with Gasteiger partial charge in [0.25, 0.3) is 5.91 Å². The lowest BCUT2D eigenvalue weighted by Crippen LogP contribution is -2.11. The van der Waals surface area contributed by atoms with E-state index in [0.29, 0.717) is 10.4 Å². The summed E-state index contributed by atoms with van der Waals surface area (Å²) in [7, 11) is 0. The summed E-state index contributed by atoms with van der Waals surface area (Å²) in [5.74, 6) is -1.28. The van der Waals surface area contributed by atoms with Crippen LogP contribution in [0.2, 0.25) is 0 Å². The lowest BCUT2D eigenvalue weighted by atomic mass is 10.1. The topological polar surface area (TPSA) is 66.4 Å². The molecule has 1 heterocycles. The van der Waals surface area contributed by atoms with E-state index in [4.69, 9.17) is 5.11 Å². The van der Waals surface area contributed by atoms with E-state index in [1.54, 1.807) is 11.4 Å². The van der Waals surface area contributed by atoms with E-state index < -0.39 is 5.97 Å². The molecule has 21 heavy (non-hydrogen) atoms. The lowest BCUT2D eigenvalue weighted by molar-refractivity contribution is -0.131. The normalized spacial score (nSPS) is 10.8. The van der Waals surface area contributed by atoms with Gasteiger partial charge in [-0.2, -0.15) is 0 Å². The fraction of sp³-hybridized carbons (Fsp3) is 0.125. The van der Waals surface area contributed by atoms with Crippen molar-refractivity contribution < 1.29 is 14.7 Å². The first-order valence-electron chi connectivity index (χ1n) is 6.34. The maximum atomic E-state index is 12.3. The van der Waals surface area contributed by atoms with Crippen LogP contribution in [0.3, 0.4) is 0 Å². The molecule has 0 saturated carbocycles. The fourth-order valence-corrected chi connectivity index (χ4v) is 2.58. The zero-order valence-electron chi connectivity index (χ0n) is 11.7. The molecule has 108 valence electrons. The van der Waals surface area contributed by atoms with E-state index in [-0.39, 0.29) is 5.91 Å². The Balaban J connectivity index is 2.19. The summed E-state index contributed by atoms with van der Waals surface area (Å²) in [6.07, 6.45) is 2.45. The molecular formula is C16H15NO3S. The predicted octanol–water partition coefficient (Wildman–Crippen LogP) is 3.72. The highest BCUT2D eigenvalue weighted by atomic mass is 32.1. The maximum Gasteiger partial charge on any atom is 0.328 e. The molecule has 0 aliphatic carbocycles. The maximum absolute atomic E-state index is 12.3. The standard InChI is InChI=1S/C16H15NO3S/c1-10-3-5-13(9-11(10)2)17-16(20)15-12(7-8-21-15)4-6-14(18)19/h3-9H,1-2H3,(H,17,20)(H,18,19). The van der Waals surface area contributed by atoms with Crippen LogP contribution in [-0.2, 0) is 4.79 Å². The molecule has 0 saturated heterocycles. The van der Waals surface area contributed by atoms with Crippen molar-refractivity contribution in [2.24, 2.45) is 0 Å². The zero-order chi connectivity index (χ0) is 15.4. The van der Waals surface area contributed by atoms with Gasteiger partial charge < -0.3 is 10.4 Å². The van der Waals surface area contributed by atoms with Crippen molar-refractivity contribution in [3.8, 4) is 0 Å². The summed E-state index contributed by atoms with van der Waals surface area (Å²) in [5, 5.41) is 13.2. The van der Waals surface area contributed by atoms with E-state index in [0.717, 1.165) is 22.9 Å². The number of thiophene rings is 1. The zero-order valence-corrected chi connectivity index (χ0v) is 12.5. The Labute approximate surface area is 126 Å². The van der Waals surface area contributed by atoms with Crippen LogP contribution in [0.4, 0.5) is 5.69 Å². The summed E-state index contributed by atoms with van der Waals surface area (Å²) >= 11 is 1.28. The highest BCUT2D eigenvalue weighted by molar-refractivity contribution is 7.12. The second kappa shape index (κ2) is 6.37. The smallest absolute Gasteiger partial charge is 0.328 e. The summed E-state index contributed by atoms with van der Waals surface area (Å²) in [6.45, 7) is 3.99. The van der Waals surface area contributed by atoms with E-state index >= 15 is 0 Å². The molecule has 2 rings (SSSR count). The van der Waals surface area contributed by atoms with Crippen molar-refractivity contribution in [1.82, 2.24) is 0 Å². The van der Waals surface area contributed by atoms with Gasteiger partial charge in [0, 0.05) is 11.8 Å². The molecule has 4 nitrogen and oxygen atoms in total. The molecular weight excluding hydrogens is 286 g/mol. The summed E-state index contributed by atoms with van der Waals surface area (Å²) < 4.78 is 0. The van der Waals surface area contributed by atoms with Gasteiger partial charge in [-0.25, -0.2) is 4.79 Å². The van der Waals surface area contributed by atoms with Crippen LogP contribution in [-0.4, -0.2) is 17.0 Å². The molecule has 0 atom stereocenters. The molecule has 5 heteroatoms. The Morgan fingerprint density at radius 2 is 1.95 bits per heavy atom. The van der Waals surface area contributed by atoms with E-state index in [1.165, 1.54) is 17.4 Å². The summed E-state index contributed by atoms with van der Waals surface area (Å²) in [5.41, 5.74) is 3.59. The number of hydrogen-bond acceptors (Lipinski definition) is 3. The average molecular weight is 301 g/mol. The van der Waals surface area contributed by atoms with Gasteiger partial charge in [0.2, 0.25) is 0 Å². The number of carboxylic acid groups (broad SMARTS) is 1. The molecule has 0 fully saturated rings. The molecule has 0 aliphatic heterocycles. The van der Waals surface area contributed by atoms with Crippen molar-refractivity contribution >= 4 is 35.0 Å². The Kier molecular flexibility index (Phi) is 4.55. The molecule has 0 bridgehead atoms. The number of rotatable bonds is 4. The molecule has 0 radical (unpaired) electrons. The minimum atomic E-state index is -1.04. The number of anilines is 1. The molecule has 0 aliphatic rings. The minimum Gasteiger partial charge on any atom is -0.478 e. The average Bonchev–Trinajstić information content (AvgIpc) is 2.89. The molecule has 1 aromatic carbocycles. The van der Waals surface area contributed by atoms with Gasteiger partial charge in [0.1, 0.15) is 0 Å². The minimum absolute atomic E-state index is 0.238. The highest BCUT2D eigenvalue weighted by Crippen LogP contribution is 2.21. The first-order chi connectivity index (χ1) is 9.97. The Bertz CT molecular complexity index is 716. The number of carbonyl (C=O) groups excluding carboxylic acids is 1. The van der Waals surface area contributed by atoms with Crippen molar-refractivity contribution in [3.63, 3.8) is 0 Å². The Morgan fingerprint density at radius 1 is 1.19 bits per heavy atom. The number of aliphatic carboxylic acids is 1. The largest absolute Gasteiger partial charge is 0.478 e. The van der Waals surface area contributed by atoms with Crippen LogP contribution in [0.25, 0.3) is 6.08 Å². The third-order valence-electron chi connectivity index (χ3n) is 3.07. The van der Waals surface area contributed by atoms with Gasteiger partial charge in [-0.05, 0) is 60.2 Å². The molecule has 1 amide bonds. The van der Waals surface area contributed by atoms with Gasteiger partial charge >= 0.3 is 5.97 Å². The number of aryl methyl sites for hydroxylation is 2. The second-order valence-electron chi connectivity index (χ2n) is 4.63. The van der Waals surface area contributed by atoms with Crippen LogP contribution < -0.4 is 5.32 Å². The van der Waals surface area contributed by atoms with Crippen molar-refractivity contribution in [3.05, 3.63) is 57.3 Å². The van der Waals surface area contributed by atoms with Crippen LogP contribution in [0, 0.1) is 13.8 Å². The molecule has 2 N–H and O–H groups in total. The van der Waals surface area contributed by atoms with Gasteiger partial charge in [-0.15, -0.1) is 11.3 Å². The molecule has 0 spiro atoms. The monoisotopic (exact) mass is 301 g/mol. The lowest BCUT2D eigenvalue weighted by Gasteiger charge is -2.07. The number of nitrogens with one attached hydrogen (secondary N) is 1. The van der Waals surface area contributed by atoms with Crippen molar-refractivity contribution in [2.75, 3.05) is 5.32 Å². The van der Waals surface area contributed by atoms with Gasteiger partial charge in [-0.1, -0.05) is 6.07 Å². The van der Waals surface area contributed by atoms with Gasteiger partial charge in [0.15, 0.2) is 0 Å². The number of carbonyl (C=O) groups is 2. The van der Waals surface area contributed by atoms with Gasteiger partial charge in [0.05, 0.1) is 4.88 Å². The second-order valence-corrected chi connectivity index (χ2v) is 5.55. The van der Waals surface area contributed by atoms with Crippen LogP contribution in [0.5, 0.6) is 0 Å². The highest BCUT2D eigenvalue weighted by Gasteiger charge is 2.12. The van der Waals surface area contributed by atoms with Crippen LogP contribution in [0.15, 0.2) is 35.7 Å². The summed E-state index contributed by atoms with van der Waals surface area (Å²) in [6, 6.07) is 7.43. The molecule has 2 aromatic rings. The predicted molar refractivity (Wildman–Crippen MR) is 84.9 cm³/mol. The summed E-state index contributed by atoms with van der Waals surface area (Å²) in [4.78, 5) is 23.3. The molecule has 0 unspecified atom stereocenters. The SMILES string of the molecule is Cc1ccc(NC(=O)c2sccc2C=CC(=O)O)cc1C. The van der Waals surface area contributed by atoms with E-state index in [2.05, 4.69) is 5.32 Å². The third kappa shape index (κ3) is 3.79. The number of benzene rings is 1. The number of hydrogen-bond donors (Lipinski definition) is 2. The number of amides is 1. The Hall–Kier alpha value is -2.40. The van der Waals surface area contributed by atoms with Crippen LogP contribution in [0.1, 0.15) is 26.4 Å². The first-order valence-corrected chi connectivity index (χ1v) is 7.22. The number of carboxylic acids is 1. The quantitative estimate of drug-likeness (QED) is 0.846. The van der Waals surface area contributed by atoms with Gasteiger partial charge in [-0.3, -0.25) is 4.79 Å². The van der Waals surface area contributed by atoms with Crippen LogP contribution >= 0.6 is 11.3 Å².